The van der Waals surface area contributed by atoms with Crippen LogP contribution in [-0.4, -0.2) is 23.0 Å². The van der Waals surface area contributed by atoms with Crippen LogP contribution in [0.4, 0.5) is 0 Å². The summed E-state index contributed by atoms with van der Waals surface area (Å²) in [6.45, 7) is 0. The minimum absolute atomic E-state index is 1.21. The van der Waals surface area contributed by atoms with Crippen molar-refractivity contribution in [3.8, 4) is 23.7 Å². The van der Waals surface area contributed by atoms with Crippen LogP contribution in [0.2, 0.25) is 0 Å². The molecule has 0 nitrogen and oxygen atoms in total. The third-order valence-electron chi connectivity index (χ3n) is 1.73. The van der Waals surface area contributed by atoms with E-state index >= 15 is 0 Å². The van der Waals surface area contributed by atoms with Gasteiger partial charge >= 0.3 is 0 Å². The van der Waals surface area contributed by atoms with Gasteiger partial charge in [0, 0.05) is 43.6 Å². The second kappa shape index (κ2) is 7.35. The molecule has 2 heterocycles. The van der Waals surface area contributed by atoms with Crippen molar-refractivity contribution < 1.29 is 0 Å². The van der Waals surface area contributed by atoms with E-state index in [1.807, 2.05) is 59.2 Å². The highest BCUT2D eigenvalue weighted by Gasteiger charge is 2.06. The predicted molar refractivity (Wildman–Crippen MR) is 81.6 cm³/mol. The predicted octanol–water partition coefficient (Wildman–Crippen LogP) is 3.64. The highest BCUT2D eigenvalue weighted by molar-refractivity contribution is 8.25. The molecule has 0 unspecified atom stereocenters. The van der Waals surface area contributed by atoms with Crippen LogP contribution >= 0.6 is 47.0 Å². The van der Waals surface area contributed by atoms with Crippen LogP contribution in [0.3, 0.4) is 0 Å². The summed E-state index contributed by atoms with van der Waals surface area (Å²) < 4.78 is 2.66. The zero-order valence-electron chi connectivity index (χ0n) is 8.62. The van der Waals surface area contributed by atoms with E-state index in [-0.39, 0.29) is 0 Å². The van der Waals surface area contributed by atoms with Gasteiger partial charge in [0.2, 0.25) is 0 Å². The normalized spacial score (nSPS) is 18.5. The van der Waals surface area contributed by atoms with Crippen LogP contribution in [0.15, 0.2) is 20.6 Å². The second-order valence-electron chi connectivity index (χ2n) is 2.86. The van der Waals surface area contributed by atoms with E-state index in [9.17, 15) is 0 Å². The first-order valence-corrected chi connectivity index (χ1v) is 8.82. The monoisotopic (exact) mass is 282 g/mol. The van der Waals surface area contributed by atoms with Gasteiger partial charge in [-0.3, -0.25) is 0 Å². The first-order valence-electron chi connectivity index (χ1n) is 4.88. The molecule has 2 fully saturated rings. The third-order valence-corrected chi connectivity index (χ3v) is 6.90. The van der Waals surface area contributed by atoms with E-state index < -0.39 is 0 Å². The molecule has 0 saturated carbocycles. The zero-order valence-corrected chi connectivity index (χ0v) is 11.9. The molecule has 0 aromatic heterocycles. The van der Waals surface area contributed by atoms with Gasteiger partial charge in [-0.15, -0.1) is 47.0 Å². The van der Waals surface area contributed by atoms with Crippen molar-refractivity contribution in [1.29, 1.82) is 0 Å². The van der Waals surface area contributed by atoms with E-state index in [2.05, 4.69) is 23.7 Å². The Morgan fingerprint density at radius 3 is 1.44 bits per heavy atom. The number of allylic oxidation sites excluding steroid dienone is 2. The molecule has 16 heavy (non-hydrogen) atoms. The van der Waals surface area contributed by atoms with Crippen molar-refractivity contribution in [1.82, 2.24) is 0 Å². The molecule has 0 bridgehead atoms. The molecule has 4 heteroatoms. The van der Waals surface area contributed by atoms with Crippen LogP contribution in [0.5, 0.6) is 0 Å². The molecule has 0 aliphatic carbocycles. The quantitative estimate of drug-likeness (QED) is 0.622. The minimum atomic E-state index is 1.21. The Balaban J connectivity index is 1.82. The number of thioether (sulfide) groups is 4. The fraction of sp³-hybridized carbons (Fsp3) is 0.333. The molecule has 0 radical (unpaired) electrons. The Morgan fingerprint density at radius 2 is 1.06 bits per heavy atom. The summed E-state index contributed by atoms with van der Waals surface area (Å²) >= 11 is 7.53. The molecule has 2 aliphatic heterocycles. The summed E-state index contributed by atoms with van der Waals surface area (Å²) in [6, 6.07) is 0. The van der Waals surface area contributed by atoms with Crippen molar-refractivity contribution in [3.63, 3.8) is 0 Å². The second-order valence-corrected chi connectivity index (χ2v) is 7.92. The fourth-order valence-electron chi connectivity index (χ4n) is 1.08. The Labute approximate surface area is 114 Å². The maximum absolute atomic E-state index is 2.98. The van der Waals surface area contributed by atoms with E-state index in [1.54, 1.807) is 0 Å². The molecule has 0 atom stereocenters. The van der Waals surface area contributed by atoms with Gasteiger partial charge in [0.15, 0.2) is 0 Å². The SMILES string of the molecule is C(C#CC=C1SCCS1)#CC=C1SCCS1. The first kappa shape index (κ1) is 12.5. The van der Waals surface area contributed by atoms with Crippen molar-refractivity contribution in [3.05, 3.63) is 20.6 Å². The zero-order chi connectivity index (χ0) is 11.1. The lowest BCUT2D eigenvalue weighted by Crippen LogP contribution is -1.64. The molecule has 2 saturated heterocycles. The van der Waals surface area contributed by atoms with Crippen molar-refractivity contribution in [2.45, 2.75) is 0 Å². The molecule has 0 spiro atoms. The van der Waals surface area contributed by atoms with Crippen molar-refractivity contribution in [2.75, 3.05) is 23.0 Å². The molecular formula is C12H10S4. The van der Waals surface area contributed by atoms with Gasteiger partial charge in [0.05, 0.1) is 0 Å². The van der Waals surface area contributed by atoms with Gasteiger partial charge in [-0.2, -0.15) is 0 Å². The number of rotatable bonds is 0. The first-order chi connectivity index (χ1) is 7.95. The standard InChI is InChI=1S/C12H10S4/c1(3-5-11-13-7-8-14-11)2-4-6-12-15-9-10-16-12/h5-6H,7-10H2. The van der Waals surface area contributed by atoms with Gasteiger partial charge in [-0.05, 0) is 11.8 Å². The summed E-state index contributed by atoms with van der Waals surface area (Å²) in [5.41, 5.74) is 0. The third kappa shape index (κ3) is 4.47. The summed E-state index contributed by atoms with van der Waals surface area (Å²) in [5, 5.41) is 0. The highest BCUT2D eigenvalue weighted by atomic mass is 32.2. The average molecular weight is 282 g/mol. The smallest absolute Gasteiger partial charge is 0.0485 e. The van der Waals surface area contributed by atoms with E-state index in [1.165, 1.54) is 31.5 Å². The lowest BCUT2D eigenvalue weighted by atomic mass is 10.5. The van der Waals surface area contributed by atoms with Crippen LogP contribution in [0.1, 0.15) is 0 Å². The molecule has 0 N–H and O–H groups in total. The average Bonchev–Trinajstić information content (AvgIpc) is 2.96. The Hall–Kier alpha value is -0.000000000000000111. The summed E-state index contributed by atoms with van der Waals surface area (Å²) in [4.78, 5) is 0. The Bertz CT molecular complexity index is 367. The Kier molecular flexibility index (Phi) is 5.72. The summed E-state index contributed by atoms with van der Waals surface area (Å²) in [6.07, 6.45) is 3.95. The molecule has 2 rings (SSSR count). The lowest BCUT2D eigenvalue weighted by Gasteiger charge is -1.84. The van der Waals surface area contributed by atoms with Crippen molar-refractivity contribution >= 4 is 47.0 Å². The molecular weight excluding hydrogens is 272 g/mol. The van der Waals surface area contributed by atoms with E-state index in [0.717, 1.165) is 0 Å². The maximum atomic E-state index is 2.98. The van der Waals surface area contributed by atoms with Gasteiger partial charge < -0.3 is 0 Å². The summed E-state index contributed by atoms with van der Waals surface area (Å²) in [5.74, 6) is 16.5. The minimum Gasteiger partial charge on any atom is -0.118 e. The van der Waals surface area contributed by atoms with Gasteiger partial charge in [-0.25, -0.2) is 0 Å². The van der Waals surface area contributed by atoms with Crippen molar-refractivity contribution in [2.24, 2.45) is 0 Å². The van der Waals surface area contributed by atoms with E-state index in [0.29, 0.717) is 0 Å². The van der Waals surface area contributed by atoms with Gasteiger partial charge in [0.25, 0.3) is 0 Å². The fourth-order valence-corrected chi connectivity index (χ4v) is 5.45. The molecule has 0 aromatic carbocycles. The van der Waals surface area contributed by atoms with Gasteiger partial charge in [0.1, 0.15) is 0 Å². The number of hydrogen-bond acceptors (Lipinski definition) is 4. The molecule has 2 aliphatic rings. The molecule has 0 amide bonds. The van der Waals surface area contributed by atoms with Gasteiger partial charge in [-0.1, -0.05) is 11.8 Å². The van der Waals surface area contributed by atoms with E-state index in [4.69, 9.17) is 0 Å². The van der Waals surface area contributed by atoms with Crippen LogP contribution < -0.4 is 0 Å². The summed E-state index contributed by atoms with van der Waals surface area (Å²) in [7, 11) is 0. The Morgan fingerprint density at radius 1 is 0.688 bits per heavy atom. The van der Waals surface area contributed by atoms with Crippen LogP contribution in [0.25, 0.3) is 0 Å². The topological polar surface area (TPSA) is 0 Å². The molecule has 0 aromatic rings. The van der Waals surface area contributed by atoms with Crippen LogP contribution in [0, 0.1) is 23.7 Å². The largest absolute Gasteiger partial charge is 0.118 e. The van der Waals surface area contributed by atoms with Crippen LogP contribution in [-0.2, 0) is 0 Å². The molecule has 82 valence electrons. The number of hydrogen-bond donors (Lipinski definition) is 0. The maximum Gasteiger partial charge on any atom is 0.0485 e. The lowest BCUT2D eigenvalue weighted by molar-refractivity contribution is 1.59. The highest BCUT2D eigenvalue weighted by Crippen LogP contribution is 2.36.